The van der Waals surface area contributed by atoms with Crippen molar-refractivity contribution in [2.24, 2.45) is 0 Å². The largest absolute Gasteiger partial charge is 0.459 e. The summed E-state index contributed by atoms with van der Waals surface area (Å²) in [5, 5.41) is 1.02. The number of aldehydes is 1. The molecule has 0 N–H and O–H groups in total. The number of rotatable bonds is 1. The van der Waals surface area contributed by atoms with Crippen LogP contribution in [0, 0.1) is 10.5 Å². The van der Waals surface area contributed by atoms with Gasteiger partial charge in [-0.15, -0.1) is 0 Å². The number of halogens is 1. The second-order valence-corrected chi connectivity index (χ2v) is 3.89. The van der Waals surface area contributed by atoms with Crippen molar-refractivity contribution in [2.45, 2.75) is 6.92 Å². The highest BCUT2D eigenvalue weighted by molar-refractivity contribution is 14.1. The smallest absolute Gasteiger partial charge is 0.153 e. The van der Waals surface area contributed by atoms with Crippen LogP contribution in [0.1, 0.15) is 16.1 Å². The van der Waals surface area contributed by atoms with E-state index in [2.05, 4.69) is 22.6 Å². The number of para-hydroxylation sites is 1. The van der Waals surface area contributed by atoms with Gasteiger partial charge in [-0.3, -0.25) is 4.79 Å². The highest BCUT2D eigenvalue weighted by atomic mass is 127. The van der Waals surface area contributed by atoms with Gasteiger partial charge < -0.3 is 4.42 Å². The first-order valence-electron chi connectivity index (χ1n) is 3.87. The van der Waals surface area contributed by atoms with Crippen molar-refractivity contribution in [2.75, 3.05) is 0 Å². The molecule has 0 amide bonds. The van der Waals surface area contributed by atoms with Crippen molar-refractivity contribution in [3.63, 3.8) is 0 Å². The standard InChI is InChI=1S/C10H7IO2/c1-6-9(11)8-4-2-3-7(5-12)10(8)13-6/h2-5H,1H3. The fraction of sp³-hybridized carbons (Fsp3) is 0.100. The Labute approximate surface area is 89.1 Å². The molecule has 1 heterocycles. The Balaban J connectivity index is 2.92. The molecule has 3 heteroatoms. The minimum absolute atomic E-state index is 0.614. The number of carbonyl (C=O) groups excluding carboxylic acids is 1. The SMILES string of the molecule is Cc1oc2c(C=O)cccc2c1I. The molecular formula is C10H7IO2. The maximum absolute atomic E-state index is 10.7. The predicted octanol–water partition coefficient (Wildman–Crippen LogP) is 3.16. The van der Waals surface area contributed by atoms with Crippen LogP contribution in [0.2, 0.25) is 0 Å². The molecule has 0 atom stereocenters. The third-order valence-electron chi connectivity index (χ3n) is 1.97. The average molecular weight is 286 g/mol. The highest BCUT2D eigenvalue weighted by Gasteiger charge is 2.10. The Bertz CT molecular complexity index is 471. The van der Waals surface area contributed by atoms with E-state index >= 15 is 0 Å². The normalized spacial score (nSPS) is 10.6. The van der Waals surface area contributed by atoms with E-state index in [-0.39, 0.29) is 0 Å². The van der Waals surface area contributed by atoms with E-state index < -0.39 is 0 Å². The topological polar surface area (TPSA) is 30.2 Å². The first-order valence-corrected chi connectivity index (χ1v) is 4.94. The number of carbonyl (C=O) groups is 1. The number of aryl methyl sites for hydroxylation is 1. The Kier molecular flexibility index (Phi) is 2.11. The molecule has 0 aliphatic rings. The zero-order chi connectivity index (χ0) is 9.42. The van der Waals surface area contributed by atoms with Gasteiger partial charge in [0.1, 0.15) is 11.3 Å². The number of hydrogen-bond donors (Lipinski definition) is 0. The summed E-state index contributed by atoms with van der Waals surface area (Å²) in [5.41, 5.74) is 1.31. The van der Waals surface area contributed by atoms with Crippen LogP contribution in [0.4, 0.5) is 0 Å². The van der Waals surface area contributed by atoms with Gasteiger partial charge in [-0.2, -0.15) is 0 Å². The summed E-state index contributed by atoms with van der Waals surface area (Å²) in [6.07, 6.45) is 0.821. The molecule has 0 unspecified atom stereocenters. The summed E-state index contributed by atoms with van der Waals surface area (Å²) in [4.78, 5) is 10.7. The Morgan fingerprint density at radius 1 is 1.46 bits per heavy atom. The zero-order valence-electron chi connectivity index (χ0n) is 7.00. The van der Waals surface area contributed by atoms with E-state index in [1.807, 2.05) is 19.1 Å². The molecule has 0 saturated carbocycles. The van der Waals surface area contributed by atoms with Crippen LogP contribution in [0.3, 0.4) is 0 Å². The van der Waals surface area contributed by atoms with E-state index in [4.69, 9.17) is 4.42 Å². The predicted molar refractivity (Wildman–Crippen MR) is 59.1 cm³/mol. The Morgan fingerprint density at radius 3 is 2.92 bits per heavy atom. The van der Waals surface area contributed by atoms with Crippen LogP contribution in [-0.4, -0.2) is 6.29 Å². The lowest BCUT2D eigenvalue weighted by Gasteiger charge is -1.90. The van der Waals surface area contributed by atoms with Crippen LogP contribution >= 0.6 is 22.6 Å². The summed E-state index contributed by atoms with van der Waals surface area (Å²) < 4.78 is 6.56. The van der Waals surface area contributed by atoms with Gasteiger partial charge in [0, 0.05) is 5.39 Å². The van der Waals surface area contributed by atoms with Gasteiger partial charge in [-0.1, -0.05) is 6.07 Å². The molecule has 0 aliphatic heterocycles. The summed E-state index contributed by atoms with van der Waals surface area (Å²) >= 11 is 2.22. The average Bonchev–Trinajstić information content (AvgIpc) is 2.43. The number of benzene rings is 1. The first-order chi connectivity index (χ1) is 6.24. The molecule has 1 aromatic heterocycles. The number of furan rings is 1. The van der Waals surface area contributed by atoms with Crippen molar-refractivity contribution in [1.82, 2.24) is 0 Å². The van der Waals surface area contributed by atoms with E-state index in [1.54, 1.807) is 6.07 Å². The van der Waals surface area contributed by atoms with E-state index in [1.165, 1.54) is 0 Å². The monoisotopic (exact) mass is 286 g/mol. The lowest BCUT2D eigenvalue weighted by Crippen LogP contribution is -1.78. The van der Waals surface area contributed by atoms with Gasteiger partial charge >= 0.3 is 0 Å². The van der Waals surface area contributed by atoms with Crippen LogP contribution in [0.15, 0.2) is 22.6 Å². The van der Waals surface area contributed by atoms with Gasteiger partial charge in [-0.25, -0.2) is 0 Å². The van der Waals surface area contributed by atoms with Crippen molar-refractivity contribution < 1.29 is 9.21 Å². The number of fused-ring (bicyclic) bond motifs is 1. The third kappa shape index (κ3) is 1.27. The molecule has 0 aliphatic carbocycles. The van der Waals surface area contributed by atoms with Gasteiger partial charge in [0.15, 0.2) is 6.29 Å². The Hall–Kier alpha value is -0.840. The summed E-state index contributed by atoms with van der Waals surface area (Å²) in [7, 11) is 0. The maximum atomic E-state index is 10.7. The van der Waals surface area contributed by atoms with Crippen LogP contribution in [-0.2, 0) is 0 Å². The second-order valence-electron chi connectivity index (χ2n) is 2.81. The van der Waals surface area contributed by atoms with Crippen molar-refractivity contribution in [1.29, 1.82) is 0 Å². The third-order valence-corrected chi connectivity index (χ3v) is 3.31. The lowest BCUT2D eigenvalue weighted by atomic mass is 10.2. The molecule has 0 saturated heterocycles. The quantitative estimate of drug-likeness (QED) is 0.595. The van der Waals surface area contributed by atoms with E-state index in [9.17, 15) is 4.79 Å². The highest BCUT2D eigenvalue weighted by Crippen LogP contribution is 2.28. The molecule has 2 rings (SSSR count). The lowest BCUT2D eigenvalue weighted by molar-refractivity contribution is 0.112. The summed E-state index contributed by atoms with van der Waals surface area (Å²) in [6, 6.07) is 5.58. The molecule has 0 spiro atoms. The zero-order valence-corrected chi connectivity index (χ0v) is 9.16. The van der Waals surface area contributed by atoms with Crippen molar-refractivity contribution in [3.05, 3.63) is 33.1 Å². The minimum Gasteiger partial charge on any atom is -0.459 e. The summed E-state index contributed by atoms with van der Waals surface area (Å²) in [5.74, 6) is 0.866. The fourth-order valence-corrected chi connectivity index (χ4v) is 1.86. The van der Waals surface area contributed by atoms with Crippen LogP contribution in [0.25, 0.3) is 11.0 Å². The molecule has 0 bridgehead atoms. The molecule has 13 heavy (non-hydrogen) atoms. The van der Waals surface area contributed by atoms with Gasteiger partial charge in [0.2, 0.25) is 0 Å². The Morgan fingerprint density at radius 2 is 2.23 bits per heavy atom. The molecule has 66 valence electrons. The minimum atomic E-state index is 0.614. The molecule has 0 radical (unpaired) electrons. The molecular weight excluding hydrogens is 279 g/mol. The summed E-state index contributed by atoms with van der Waals surface area (Å²) in [6.45, 7) is 1.90. The van der Waals surface area contributed by atoms with E-state index in [0.29, 0.717) is 11.1 Å². The van der Waals surface area contributed by atoms with Crippen LogP contribution < -0.4 is 0 Å². The van der Waals surface area contributed by atoms with Gasteiger partial charge in [0.25, 0.3) is 0 Å². The van der Waals surface area contributed by atoms with Gasteiger partial charge in [-0.05, 0) is 41.6 Å². The van der Waals surface area contributed by atoms with Gasteiger partial charge in [0.05, 0.1) is 9.13 Å². The van der Waals surface area contributed by atoms with E-state index in [0.717, 1.165) is 21.0 Å². The molecule has 2 nitrogen and oxygen atoms in total. The number of hydrogen-bond acceptors (Lipinski definition) is 2. The fourth-order valence-electron chi connectivity index (χ4n) is 1.32. The first kappa shape index (κ1) is 8.74. The molecule has 2 aromatic rings. The van der Waals surface area contributed by atoms with Crippen LogP contribution in [0.5, 0.6) is 0 Å². The second kappa shape index (κ2) is 3.14. The van der Waals surface area contributed by atoms with Crippen molar-refractivity contribution >= 4 is 39.8 Å². The maximum Gasteiger partial charge on any atom is 0.153 e. The molecule has 1 aromatic carbocycles. The molecule has 0 fully saturated rings. The van der Waals surface area contributed by atoms with Crippen molar-refractivity contribution in [3.8, 4) is 0 Å².